The second-order valence-corrected chi connectivity index (χ2v) is 4.76. The molecule has 2 N–H and O–H groups in total. The number of hydrogen-bond acceptors (Lipinski definition) is 7. The summed E-state index contributed by atoms with van der Waals surface area (Å²) in [7, 11) is 0. The molecule has 0 spiro atoms. The van der Waals surface area contributed by atoms with Gasteiger partial charge in [-0.25, -0.2) is 9.48 Å². The maximum Gasteiger partial charge on any atom is 0.331 e. The van der Waals surface area contributed by atoms with E-state index in [0.717, 1.165) is 10.4 Å². The molecular weight excluding hydrogens is 304 g/mol. The summed E-state index contributed by atoms with van der Waals surface area (Å²) in [6.07, 6.45) is -1.15. The van der Waals surface area contributed by atoms with Crippen LogP contribution in [0, 0.1) is 0 Å². The van der Waals surface area contributed by atoms with Crippen LogP contribution in [0.5, 0.6) is 11.5 Å². The van der Waals surface area contributed by atoms with Gasteiger partial charge in [0.1, 0.15) is 18.1 Å². The predicted molar refractivity (Wildman–Crippen MR) is 78.1 cm³/mol. The van der Waals surface area contributed by atoms with Crippen molar-refractivity contribution in [2.24, 2.45) is 0 Å². The standard InChI is InChI=1S/C14H18N4O5/c1-3-22-10-4-6-11(7-5-10)23-8-12-15-16-17-18(12)13(9(2)19)14(20)21/h4-7,9,13,19H,3,8H2,1-2H3,(H,20,21). The Hall–Kier alpha value is -2.68. The number of aromatic nitrogens is 4. The van der Waals surface area contributed by atoms with E-state index in [-0.39, 0.29) is 12.4 Å². The monoisotopic (exact) mass is 322 g/mol. The van der Waals surface area contributed by atoms with Gasteiger partial charge in [0, 0.05) is 0 Å². The molecule has 9 heteroatoms. The molecule has 0 saturated heterocycles. The molecule has 1 aromatic carbocycles. The van der Waals surface area contributed by atoms with Gasteiger partial charge in [-0.15, -0.1) is 5.10 Å². The number of nitrogens with zero attached hydrogens (tertiary/aromatic N) is 4. The van der Waals surface area contributed by atoms with Crippen LogP contribution in [0.15, 0.2) is 24.3 Å². The molecular formula is C14H18N4O5. The van der Waals surface area contributed by atoms with Crippen molar-refractivity contribution in [3.05, 3.63) is 30.1 Å². The highest BCUT2D eigenvalue weighted by molar-refractivity contribution is 5.72. The number of tetrazole rings is 1. The average molecular weight is 322 g/mol. The maximum atomic E-state index is 11.2. The van der Waals surface area contributed by atoms with E-state index in [2.05, 4.69) is 15.5 Å². The molecule has 0 amide bonds. The molecule has 0 bridgehead atoms. The lowest BCUT2D eigenvalue weighted by Crippen LogP contribution is -2.31. The van der Waals surface area contributed by atoms with Crippen molar-refractivity contribution in [1.82, 2.24) is 20.2 Å². The minimum Gasteiger partial charge on any atom is -0.494 e. The highest BCUT2D eigenvalue weighted by atomic mass is 16.5. The van der Waals surface area contributed by atoms with Crippen LogP contribution < -0.4 is 9.47 Å². The Balaban J connectivity index is 2.07. The van der Waals surface area contributed by atoms with Gasteiger partial charge in [-0.2, -0.15) is 0 Å². The molecule has 0 fully saturated rings. The van der Waals surface area contributed by atoms with E-state index in [1.165, 1.54) is 6.92 Å². The Labute approximate surface area is 132 Å². The predicted octanol–water partition coefficient (Wildman–Crippen LogP) is 0.657. The number of ether oxygens (including phenoxy) is 2. The summed E-state index contributed by atoms with van der Waals surface area (Å²) in [5.74, 6) is 0.262. The molecule has 0 radical (unpaired) electrons. The lowest BCUT2D eigenvalue weighted by atomic mass is 10.2. The first-order chi connectivity index (χ1) is 11.0. The Kier molecular flexibility index (Phi) is 5.47. The zero-order valence-electron chi connectivity index (χ0n) is 12.8. The topological polar surface area (TPSA) is 120 Å². The Morgan fingerprint density at radius 1 is 1.26 bits per heavy atom. The molecule has 1 heterocycles. The number of aliphatic hydroxyl groups is 1. The van der Waals surface area contributed by atoms with Gasteiger partial charge in [-0.05, 0) is 48.5 Å². The molecule has 0 saturated carbocycles. The molecule has 9 nitrogen and oxygen atoms in total. The number of benzene rings is 1. The Bertz CT molecular complexity index is 641. The summed E-state index contributed by atoms with van der Waals surface area (Å²) in [6, 6.07) is 5.70. The van der Waals surface area contributed by atoms with E-state index in [0.29, 0.717) is 12.4 Å². The SMILES string of the molecule is CCOc1ccc(OCc2nnnn2C(C(=O)O)C(C)O)cc1. The van der Waals surface area contributed by atoms with Crippen LogP contribution in [0.25, 0.3) is 0 Å². The van der Waals surface area contributed by atoms with Crippen molar-refractivity contribution in [2.45, 2.75) is 32.6 Å². The molecule has 1 aromatic heterocycles. The van der Waals surface area contributed by atoms with Crippen molar-refractivity contribution >= 4 is 5.97 Å². The Morgan fingerprint density at radius 2 is 1.87 bits per heavy atom. The second-order valence-electron chi connectivity index (χ2n) is 4.76. The van der Waals surface area contributed by atoms with Crippen LogP contribution in [0.2, 0.25) is 0 Å². The number of carboxylic acid groups (broad SMARTS) is 1. The van der Waals surface area contributed by atoms with Gasteiger partial charge in [0.05, 0.1) is 12.7 Å². The number of rotatable bonds is 8. The van der Waals surface area contributed by atoms with Crippen molar-refractivity contribution in [2.75, 3.05) is 6.61 Å². The van der Waals surface area contributed by atoms with E-state index >= 15 is 0 Å². The lowest BCUT2D eigenvalue weighted by molar-refractivity contribution is -0.144. The van der Waals surface area contributed by atoms with Gasteiger partial charge in [0.2, 0.25) is 0 Å². The maximum absolute atomic E-state index is 11.2. The van der Waals surface area contributed by atoms with Gasteiger partial charge in [-0.3, -0.25) is 0 Å². The minimum absolute atomic E-state index is 0.0303. The van der Waals surface area contributed by atoms with E-state index < -0.39 is 18.1 Å². The lowest BCUT2D eigenvalue weighted by Gasteiger charge is -2.16. The van der Waals surface area contributed by atoms with E-state index in [4.69, 9.17) is 9.47 Å². The molecule has 2 aromatic rings. The van der Waals surface area contributed by atoms with Gasteiger partial charge < -0.3 is 19.7 Å². The minimum atomic E-state index is -1.27. The summed E-state index contributed by atoms with van der Waals surface area (Å²) < 4.78 is 11.9. The van der Waals surface area contributed by atoms with Crippen LogP contribution in [-0.4, -0.2) is 49.1 Å². The fourth-order valence-corrected chi connectivity index (χ4v) is 1.99. The molecule has 2 atom stereocenters. The molecule has 0 aliphatic carbocycles. The number of carboxylic acids is 1. The van der Waals surface area contributed by atoms with Crippen molar-refractivity contribution in [3.8, 4) is 11.5 Å². The molecule has 23 heavy (non-hydrogen) atoms. The molecule has 0 aliphatic heterocycles. The normalized spacial score (nSPS) is 13.3. The van der Waals surface area contributed by atoms with Crippen LogP contribution in [-0.2, 0) is 11.4 Å². The van der Waals surface area contributed by atoms with Gasteiger partial charge >= 0.3 is 5.97 Å². The zero-order valence-corrected chi connectivity index (χ0v) is 12.8. The molecule has 0 aliphatic rings. The van der Waals surface area contributed by atoms with E-state index in [1.54, 1.807) is 24.3 Å². The van der Waals surface area contributed by atoms with Crippen molar-refractivity contribution in [1.29, 1.82) is 0 Å². The van der Waals surface area contributed by atoms with Gasteiger partial charge in [0.25, 0.3) is 0 Å². The average Bonchev–Trinajstić information content (AvgIpc) is 2.94. The first kappa shape index (κ1) is 16.7. The quantitative estimate of drug-likeness (QED) is 0.727. The smallest absolute Gasteiger partial charge is 0.331 e. The molecule has 2 rings (SSSR count). The van der Waals surface area contributed by atoms with Crippen LogP contribution in [0.3, 0.4) is 0 Å². The van der Waals surface area contributed by atoms with Crippen molar-refractivity contribution < 1.29 is 24.5 Å². The number of aliphatic hydroxyl groups excluding tert-OH is 1. The third kappa shape index (κ3) is 4.16. The third-order valence-electron chi connectivity index (χ3n) is 3.04. The molecule has 124 valence electrons. The summed E-state index contributed by atoms with van der Waals surface area (Å²) in [6.45, 7) is 3.80. The summed E-state index contributed by atoms with van der Waals surface area (Å²) in [5, 5.41) is 29.6. The number of aliphatic carboxylic acids is 1. The third-order valence-corrected chi connectivity index (χ3v) is 3.04. The first-order valence-electron chi connectivity index (χ1n) is 7.06. The van der Waals surface area contributed by atoms with Crippen LogP contribution in [0.4, 0.5) is 0 Å². The highest BCUT2D eigenvalue weighted by Crippen LogP contribution is 2.19. The number of carbonyl (C=O) groups is 1. The second kappa shape index (κ2) is 7.54. The van der Waals surface area contributed by atoms with Gasteiger partial charge in [0.15, 0.2) is 11.9 Å². The summed E-state index contributed by atoms with van der Waals surface area (Å²) >= 11 is 0. The summed E-state index contributed by atoms with van der Waals surface area (Å²) in [4.78, 5) is 11.2. The fraction of sp³-hybridized carbons (Fsp3) is 0.429. The molecule has 2 unspecified atom stereocenters. The van der Waals surface area contributed by atoms with Crippen LogP contribution >= 0.6 is 0 Å². The first-order valence-corrected chi connectivity index (χ1v) is 7.06. The van der Waals surface area contributed by atoms with E-state index in [1.807, 2.05) is 6.92 Å². The highest BCUT2D eigenvalue weighted by Gasteiger charge is 2.29. The van der Waals surface area contributed by atoms with Gasteiger partial charge in [-0.1, -0.05) is 0 Å². The van der Waals surface area contributed by atoms with Crippen molar-refractivity contribution in [3.63, 3.8) is 0 Å². The summed E-state index contributed by atoms with van der Waals surface area (Å²) in [5.41, 5.74) is 0. The largest absolute Gasteiger partial charge is 0.494 e. The van der Waals surface area contributed by atoms with Crippen LogP contribution in [0.1, 0.15) is 25.7 Å². The van der Waals surface area contributed by atoms with E-state index in [9.17, 15) is 15.0 Å². The number of hydrogen-bond donors (Lipinski definition) is 2. The zero-order chi connectivity index (χ0) is 16.8. The Morgan fingerprint density at radius 3 is 2.39 bits per heavy atom. The fourth-order valence-electron chi connectivity index (χ4n) is 1.99.